The molecule has 0 saturated carbocycles. The summed E-state index contributed by atoms with van der Waals surface area (Å²) in [6.45, 7) is 13.7. The maximum Gasteiger partial charge on any atom is 0.0543 e. The van der Waals surface area contributed by atoms with Crippen LogP contribution in [0.2, 0.25) is 0 Å². The fraction of sp³-hybridized carbons (Fsp3) is 0.231. The van der Waals surface area contributed by atoms with E-state index in [0.29, 0.717) is 11.8 Å². The van der Waals surface area contributed by atoms with Crippen LogP contribution in [0.3, 0.4) is 0 Å². The van der Waals surface area contributed by atoms with Crippen molar-refractivity contribution in [3.63, 3.8) is 0 Å². The molecule has 8 aromatic rings. The summed E-state index contributed by atoms with van der Waals surface area (Å²) in [7, 11) is 0. The third-order valence-corrected chi connectivity index (χ3v) is 11.9. The van der Waals surface area contributed by atoms with Crippen LogP contribution in [-0.2, 0) is 0 Å². The number of benzene rings is 8. The van der Waals surface area contributed by atoms with Crippen molar-refractivity contribution >= 4 is 66.4 Å². The smallest absolute Gasteiger partial charge is 0.0543 e. The standard InChI is InChI=1S/C52H52N2/c1-7-37(8-2)46-33-48-50(54(40-19-15-12-16-20-40)42-27-23-36(6)24-28-42)34-47(38(9-3)10-4)43-29-30-45-49(32-31-44(46)51(45)52(43)48)53(39-17-13-11-14-18-39)41-25-21-35(5)22-26-41/h11-34,37-38H,7-10H2,1-6H3. The third-order valence-electron chi connectivity index (χ3n) is 11.9. The number of nitrogens with zero attached hydrogens (tertiary/aromatic N) is 2. The van der Waals surface area contributed by atoms with E-state index >= 15 is 0 Å². The van der Waals surface area contributed by atoms with Crippen molar-refractivity contribution < 1.29 is 0 Å². The Balaban J connectivity index is 1.55. The van der Waals surface area contributed by atoms with Gasteiger partial charge < -0.3 is 9.80 Å². The van der Waals surface area contributed by atoms with Gasteiger partial charge >= 0.3 is 0 Å². The van der Waals surface area contributed by atoms with Crippen LogP contribution in [0.25, 0.3) is 32.3 Å². The topological polar surface area (TPSA) is 6.48 Å². The van der Waals surface area contributed by atoms with Gasteiger partial charge in [0.05, 0.1) is 11.4 Å². The Morgan fingerprint density at radius 2 is 0.759 bits per heavy atom. The molecule has 0 heterocycles. The van der Waals surface area contributed by atoms with Crippen molar-refractivity contribution in [2.24, 2.45) is 0 Å². The Kier molecular flexibility index (Phi) is 9.86. The molecule has 0 fully saturated rings. The van der Waals surface area contributed by atoms with Crippen LogP contribution in [0.4, 0.5) is 34.1 Å². The summed E-state index contributed by atoms with van der Waals surface area (Å²) in [5.74, 6) is 0.885. The predicted octanol–water partition coefficient (Wildman–Crippen LogP) is 15.9. The van der Waals surface area contributed by atoms with Gasteiger partial charge in [0.15, 0.2) is 0 Å². The molecule has 0 spiro atoms. The van der Waals surface area contributed by atoms with E-state index in [4.69, 9.17) is 0 Å². The summed E-state index contributed by atoms with van der Waals surface area (Å²) >= 11 is 0. The number of rotatable bonds is 12. The monoisotopic (exact) mass is 704 g/mol. The Morgan fingerprint density at radius 3 is 1.24 bits per heavy atom. The van der Waals surface area contributed by atoms with E-state index in [0.717, 1.165) is 37.1 Å². The SMILES string of the molecule is CCC(CC)c1cc2c(N(c3ccccc3)c3ccc(C)cc3)cc(C(CC)CC)c3ccc4c(N(c5ccccc5)c5ccc(C)cc5)ccc1c4c32. The second kappa shape index (κ2) is 15.0. The zero-order chi connectivity index (χ0) is 37.3. The third kappa shape index (κ3) is 6.18. The molecule has 54 heavy (non-hydrogen) atoms. The minimum atomic E-state index is 0.440. The molecular weight excluding hydrogens is 653 g/mol. The molecule has 2 heteroatoms. The van der Waals surface area contributed by atoms with Crippen LogP contribution in [0, 0.1) is 13.8 Å². The molecule has 8 rings (SSSR count). The molecule has 0 N–H and O–H groups in total. The summed E-state index contributed by atoms with van der Waals surface area (Å²) in [4.78, 5) is 4.96. The van der Waals surface area contributed by atoms with Gasteiger partial charge in [-0.15, -0.1) is 0 Å². The molecule has 0 aromatic heterocycles. The average Bonchev–Trinajstić information content (AvgIpc) is 3.21. The Hall–Kier alpha value is -5.60. The van der Waals surface area contributed by atoms with E-state index in [2.05, 4.69) is 197 Å². The predicted molar refractivity (Wildman–Crippen MR) is 236 cm³/mol. The van der Waals surface area contributed by atoms with Crippen LogP contribution >= 0.6 is 0 Å². The molecule has 0 saturated heterocycles. The molecule has 0 aliphatic carbocycles. The van der Waals surface area contributed by atoms with E-state index in [1.54, 1.807) is 0 Å². The molecule has 0 amide bonds. The summed E-state index contributed by atoms with van der Waals surface area (Å²) in [5.41, 5.74) is 12.5. The summed E-state index contributed by atoms with van der Waals surface area (Å²) < 4.78 is 0. The fourth-order valence-electron chi connectivity index (χ4n) is 8.91. The van der Waals surface area contributed by atoms with Crippen molar-refractivity contribution in [1.82, 2.24) is 0 Å². The zero-order valence-corrected chi connectivity index (χ0v) is 32.7. The molecule has 0 aliphatic heterocycles. The number of anilines is 6. The highest BCUT2D eigenvalue weighted by Gasteiger charge is 2.27. The largest absolute Gasteiger partial charge is 0.310 e. The second-order valence-electron chi connectivity index (χ2n) is 15.1. The molecular formula is C52H52N2. The van der Waals surface area contributed by atoms with E-state index in [-0.39, 0.29) is 0 Å². The molecule has 0 aliphatic rings. The normalized spacial score (nSPS) is 11.8. The van der Waals surface area contributed by atoms with E-state index < -0.39 is 0 Å². The number of aryl methyl sites for hydroxylation is 2. The molecule has 0 atom stereocenters. The first-order chi connectivity index (χ1) is 26.4. The summed E-state index contributed by atoms with van der Waals surface area (Å²) in [5, 5.41) is 8.13. The van der Waals surface area contributed by atoms with E-state index in [1.165, 1.54) is 77.3 Å². The first-order valence-corrected chi connectivity index (χ1v) is 20.1. The lowest BCUT2D eigenvalue weighted by Gasteiger charge is -2.32. The first kappa shape index (κ1) is 35.4. The fourth-order valence-corrected chi connectivity index (χ4v) is 8.91. The lowest BCUT2D eigenvalue weighted by Crippen LogP contribution is -2.13. The van der Waals surface area contributed by atoms with Gasteiger partial charge in [-0.25, -0.2) is 0 Å². The van der Waals surface area contributed by atoms with Crippen LogP contribution in [0.5, 0.6) is 0 Å². The van der Waals surface area contributed by atoms with Crippen molar-refractivity contribution in [2.75, 3.05) is 9.80 Å². The van der Waals surface area contributed by atoms with Gasteiger partial charge in [0.1, 0.15) is 0 Å². The van der Waals surface area contributed by atoms with Gasteiger partial charge in [-0.2, -0.15) is 0 Å². The molecule has 8 aromatic carbocycles. The van der Waals surface area contributed by atoms with Crippen LogP contribution in [0.1, 0.15) is 87.5 Å². The molecule has 2 nitrogen and oxygen atoms in total. The highest BCUT2D eigenvalue weighted by Crippen LogP contribution is 2.51. The molecule has 0 bridgehead atoms. The highest BCUT2D eigenvalue weighted by molar-refractivity contribution is 6.29. The van der Waals surface area contributed by atoms with E-state index in [1.807, 2.05) is 0 Å². The first-order valence-electron chi connectivity index (χ1n) is 20.1. The van der Waals surface area contributed by atoms with Crippen molar-refractivity contribution in [1.29, 1.82) is 0 Å². The van der Waals surface area contributed by atoms with Crippen LogP contribution < -0.4 is 9.80 Å². The maximum absolute atomic E-state index is 2.58. The second-order valence-corrected chi connectivity index (χ2v) is 15.1. The van der Waals surface area contributed by atoms with Crippen molar-refractivity contribution in [2.45, 2.75) is 79.1 Å². The van der Waals surface area contributed by atoms with Gasteiger partial charge in [0.25, 0.3) is 0 Å². The van der Waals surface area contributed by atoms with Crippen LogP contribution in [-0.4, -0.2) is 0 Å². The highest BCUT2D eigenvalue weighted by atomic mass is 15.1. The van der Waals surface area contributed by atoms with Gasteiger partial charge in [-0.05, 0) is 151 Å². The number of para-hydroxylation sites is 2. The molecule has 0 radical (unpaired) electrons. The van der Waals surface area contributed by atoms with Gasteiger partial charge in [0, 0.05) is 33.5 Å². The van der Waals surface area contributed by atoms with Gasteiger partial charge in [0.2, 0.25) is 0 Å². The lowest BCUT2D eigenvalue weighted by atomic mass is 9.80. The van der Waals surface area contributed by atoms with Crippen molar-refractivity contribution in [3.05, 3.63) is 168 Å². The lowest BCUT2D eigenvalue weighted by molar-refractivity contribution is 0.646. The number of hydrogen-bond acceptors (Lipinski definition) is 2. The summed E-state index contributed by atoms with van der Waals surface area (Å²) in [6.07, 6.45) is 4.38. The van der Waals surface area contributed by atoms with Crippen LogP contribution in [0.15, 0.2) is 146 Å². The quantitative estimate of drug-likeness (QED) is 0.117. The van der Waals surface area contributed by atoms with Crippen molar-refractivity contribution in [3.8, 4) is 0 Å². The summed E-state index contributed by atoms with van der Waals surface area (Å²) in [6, 6.07) is 54.7. The maximum atomic E-state index is 2.58. The Morgan fingerprint density at radius 1 is 0.370 bits per heavy atom. The van der Waals surface area contributed by atoms with Gasteiger partial charge in [-0.3, -0.25) is 0 Å². The minimum Gasteiger partial charge on any atom is -0.310 e. The average molecular weight is 705 g/mol. The molecule has 270 valence electrons. The molecule has 0 unspecified atom stereocenters. The number of hydrogen-bond donors (Lipinski definition) is 0. The van der Waals surface area contributed by atoms with E-state index in [9.17, 15) is 0 Å². The Labute approximate surface area is 322 Å². The Bertz CT molecular complexity index is 2490. The zero-order valence-electron chi connectivity index (χ0n) is 32.7. The van der Waals surface area contributed by atoms with Gasteiger partial charge in [-0.1, -0.05) is 118 Å². The minimum absolute atomic E-state index is 0.440.